The molecule has 0 saturated heterocycles. The molecule has 0 aliphatic carbocycles. The molecule has 0 radical (unpaired) electrons. The Bertz CT molecular complexity index is 1120. The molecule has 1 heterocycles. The van der Waals surface area contributed by atoms with Crippen LogP contribution in [-0.4, -0.2) is 24.4 Å². The van der Waals surface area contributed by atoms with Crippen LogP contribution < -0.4 is 4.72 Å². The van der Waals surface area contributed by atoms with Gasteiger partial charge in [-0.25, -0.2) is 13.2 Å². The van der Waals surface area contributed by atoms with Crippen molar-refractivity contribution in [3.8, 4) is 0 Å². The quantitative estimate of drug-likeness (QED) is 0.525. The average Bonchev–Trinajstić information content (AvgIpc) is 3.07. The second kappa shape index (κ2) is 7.88. The summed E-state index contributed by atoms with van der Waals surface area (Å²) in [5, 5.41) is 20.0. The predicted octanol–water partition coefficient (Wildman–Crippen LogP) is 3.66. The highest BCUT2D eigenvalue weighted by molar-refractivity contribution is 8.04. The molecular weight excluding hydrogens is 416 g/mol. The van der Waals surface area contributed by atoms with Gasteiger partial charge in [-0.05, 0) is 36.6 Å². The van der Waals surface area contributed by atoms with Crippen LogP contribution in [0.2, 0.25) is 0 Å². The molecule has 0 saturated carbocycles. The first-order valence-corrected chi connectivity index (χ1v) is 10.9. The number of non-ortho nitro benzene ring substituents is 1. The van der Waals surface area contributed by atoms with E-state index < -0.39 is 20.9 Å². The van der Waals surface area contributed by atoms with Crippen LogP contribution in [0.25, 0.3) is 0 Å². The first-order chi connectivity index (χ1) is 13.6. The van der Waals surface area contributed by atoms with Crippen molar-refractivity contribution in [3.05, 3.63) is 79.9 Å². The molecule has 1 unspecified atom stereocenters. The SMILES string of the molecule is Cc1ccc(C)c(S(=O)(=O)NC2=C(C(=O)O)SC(c3ccc([N+](=O)[O-])cc3)C2)c1. The Balaban J connectivity index is 1.89. The lowest BCUT2D eigenvalue weighted by Gasteiger charge is -2.13. The summed E-state index contributed by atoms with van der Waals surface area (Å²) < 4.78 is 28.2. The minimum atomic E-state index is -3.96. The summed E-state index contributed by atoms with van der Waals surface area (Å²) in [6.45, 7) is 3.44. The summed E-state index contributed by atoms with van der Waals surface area (Å²) in [6, 6.07) is 10.8. The van der Waals surface area contributed by atoms with E-state index in [-0.39, 0.29) is 32.9 Å². The van der Waals surface area contributed by atoms with Gasteiger partial charge in [-0.1, -0.05) is 24.3 Å². The van der Waals surface area contributed by atoms with E-state index in [1.807, 2.05) is 0 Å². The van der Waals surface area contributed by atoms with Gasteiger partial charge in [0.15, 0.2) is 0 Å². The van der Waals surface area contributed by atoms with E-state index in [4.69, 9.17) is 0 Å². The van der Waals surface area contributed by atoms with E-state index >= 15 is 0 Å². The maximum atomic E-state index is 12.9. The second-order valence-corrected chi connectivity index (χ2v) is 9.51. The van der Waals surface area contributed by atoms with Gasteiger partial charge in [-0.3, -0.25) is 14.8 Å². The Labute approximate surface area is 171 Å². The van der Waals surface area contributed by atoms with Crippen molar-refractivity contribution in [1.29, 1.82) is 0 Å². The second-order valence-electron chi connectivity index (χ2n) is 6.65. The number of rotatable bonds is 6. The van der Waals surface area contributed by atoms with E-state index in [0.29, 0.717) is 11.1 Å². The summed E-state index contributed by atoms with van der Waals surface area (Å²) in [7, 11) is -3.96. The highest BCUT2D eigenvalue weighted by atomic mass is 32.2. The molecule has 2 N–H and O–H groups in total. The summed E-state index contributed by atoms with van der Waals surface area (Å²) in [6.07, 6.45) is 0.147. The molecule has 29 heavy (non-hydrogen) atoms. The van der Waals surface area contributed by atoms with E-state index in [1.165, 1.54) is 18.2 Å². The molecule has 1 aliphatic rings. The number of hydrogen-bond acceptors (Lipinski definition) is 6. The lowest BCUT2D eigenvalue weighted by atomic mass is 10.1. The lowest BCUT2D eigenvalue weighted by molar-refractivity contribution is -0.384. The van der Waals surface area contributed by atoms with E-state index in [1.54, 1.807) is 38.1 Å². The van der Waals surface area contributed by atoms with Crippen molar-refractivity contribution in [2.24, 2.45) is 0 Å². The van der Waals surface area contributed by atoms with Crippen LogP contribution in [0, 0.1) is 24.0 Å². The Morgan fingerprint density at radius 2 is 1.86 bits per heavy atom. The standard InChI is InChI=1S/C19H18N2O6S2/c1-11-3-4-12(2)17(9-11)29(26,27)20-15-10-16(28-18(15)19(22)23)13-5-7-14(8-6-13)21(24)25/h3-9,16,20H,10H2,1-2H3,(H,22,23). The van der Waals surface area contributed by atoms with Crippen molar-refractivity contribution in [2.75, 3.05) is 0 Å². The summed E-state index contributed by atoms with van der Waals surface area (Å²) in [5.74, 6) is -1.22. The molecule has 152 valence electrons. The fourth-order valence-corrected chi connectivity index (χ4v) is 5.73. The number of allylic oxidation sites excluding steroid dienone is 1. The number of aryl methyl sites for hydroxylation is 2. The molecule has 0 bridgehead atoms. The third-order valence-corrected chi connectivity index (χ3v) is 7.40. The smallest absolute Gasteiger partial charge is 0.344 e. The first-order valence-electron chi connectivity index (χ1n) is 8.56. The summed E-state index contributed by atoms with van der Waals surface area (Å²) in [5.41, 5.74) is 2.04. The number of nitro benzene ring substituents is 1. The van der Waals surface area contributed by atoms with E-state index in [2.05, 4.69) is 4.72 Å². The van der Waals surface area contributed by atoms with Gasteiger partial charge >= 0.3 is 5.97 Å². The fraction of sp³-hybridized carbons (Fsp3) is 0.211. The number of carbonyl (C=O) groups is 1. The largest absolute Gasteiger partial charge is 0.477 e. The maximum absolute atomic E-state index is 12.9. The number of hydrogen-bond donors (Lipinski definition) is 2. The van der Waals surface area contributed by atoms with Crippen molar-refractivity contribution in [2.45, 2.75) is 30.4 Å². The maximum Gasteiger partial charge on any atom is 0.344 e. The predicted molar refractivity (Wildman–Crippen MR) is 109 cm³/mol. The molecule has 0 fully saturated rings. The van der Waals surface area contributed by atoms with Gasteiger partial charge in [0.1, 0.15) is 4.91 Å². The van der Waals surface area contributed by atoms with Gasteiger partial charge in [-0.15, -0.1) is 11.8 Å². The van der Waals surface area contributed by atoms with E-state index in [0.717, 1.165) is 17.3 Å². The van der Waals surface area contributed by atoms with Crippen LogP contribution in [0.3, 0.4) is 0 Å². The average molecular weight is 434 g/mol. The lowest BCUT2D eigenvalue weighted by Crippen LogP contribution is -2.25. The van der Waals surface area contributed by atoms with Crippen LogP contribution in [0.5, 0.6) is 0 Å². The third-order valence-electron chi connectivity index (χ3n) is 4.48. The normalized spacial score (nSPS) is 16.7. The number of nitrogens with zero attached hydrogens (tertiary/aromatic N) is 1. The molecule has 2 aromatic rings. The number of nitrogens with one attached hydrogen (secondary N) is 1. The Morgan fingerprint density at radius 1 is 1.21 bits per heavy atom. The van der Waals surface area contributed by atoms with Crippen LogP contribution in [-0.2, 0) is 14.8 Å². The highest BCUT2D eigenvalue weighted by Crippen LogP contribution is 2.47. The van der Waals surface area contributed by atoms with Crippen molar-refractivity contribution in [1.82, 2.24) is 4.72 Å². The number of nitro groups is 1. The molecule has 10 heteroatoms. The van der Waals surface area contributed by atoms with Crippen LogP contribution in [0.15, 0.2) is 58.0 Å². The van der Waals surface area contributed by atoms with Crippen LogP contribution in [0.1, 0.15) is 28.4 Å². The van der Waals surface area contributed by atoms with E-state index in [9.17, 15) is 28.4 Å². The number of carboxylic acids is 1. The molecule has 0 amide bonds. The number of benzene rings is 2. The van der Waals surface area contributed by atoms with Crippen LogP contribution >= 0.6 is 11.8 Å². The minimum absolute atomic E-state index is 0.0704. The molecule has 1 aliphatic heterocycles. The summed E-state index contributed by atoms with van der Waals surface area (Å²) in [4.78, 5) is 22.0. The Hall–Kier alpha value is -2.85. The van der Waals surface area contributed by atoms with Crippen LogP contribution in [0.4, 0.5) is 5.69 Å². The van der Waals surface area contributed by atoms with Gasteiger partial charge in [0.2, 0.25) is 0 Å². The van der Waals surface area contributed by atoms with Gasteiger partial charge in [0.05, 0.1) is 9.82 Å². The van der Waals surface area contributed by atoms with Gasteiger partial charge in [-0.2, -0.15) is 0 Å². The van der Waals surface area contributed by atoms with Gasteiger partial charge < -0.3 is 5.11 Å². The highest BCUT2D eigenvalue weighted by Gasteiger charge is 2.33. The molecular formula is C19H18N2O6S2. The molecule has 3 rings (SSSR count). The Morgan fingerprint density at radius 3 is 2.45 bits per heavy atom. The fourth-order valence-electron chi connectivity index (χ4n) is 3.01. The van der Waals surface area contributed by atoms with Crippen molar-refractivity contribution < 1.29 is 23.2 Å². The van der Waals surface area contributed by atoms with Crippen molar-refractivity contribution >= 4 is 33.4 Å². The third kappa shape index (κ3) is 4.43. The topological polar surface area (TPSA) is 127 Å². The zero-order valence-corrected chi connectivity index (χ0v) is 17.2. The summed E-state index contributed by atoms with van der Waals surface area (Å²) >= 11 is 1.02. The molecule has 0 aromatic heterocycles. The molecule has 1 atom stereocenters. The minimum Gasteiger partial charge on any atom is -0.477 e. The van der Waals surface area contributed by atoms with Gasteiger partial charge in [0.25, 0.3) is 15.7 Å². The zero-order chi connectivity index (χ0) is 21.3. The number of thioether (sulfide) groups is 1. The Kier molecular flexibility index (Phi) is 5.67. The molecule has 8 nitrogen and oxygen atoms in total. The monoisotopic (exact) mass is 434 g/mol. The van der Waals surface area contributed by atoms with Crippen molar-refractivity contribution in [3.63, 3.8) is 0 Å². The number of carboxylic acid groups (broad SMARTS) is 1. The molecule has 0 spiro atoms. The first kappa shape index (κ1) is 20.9. The molecule has 2 aromatic carbocycles. The zero-order valence-electron chi connectivity index (χ0n) is 15.6. The van der Waals surface area contributed by atoms with Gasteiger partial charge in [0, 0.05) is 29.5 Å². The number of aliphatic carboxylic acids is 1. The number of sulfonamides is 1.